The van der Waals surface area contributed by atoms with Crippen LogP contribution in [0.2, 0.25) is 0 Å². The fraction of sp³-hybridized carbons (Fsp3) is 0.524. The topological polar surface area (TPSA) is 124 Å². The van der Waals surface area contributed by atoms with Crippen LogP contribution < -0.4 is 4.74 Å². The summed E-state index contributed by atoms with van der Waals surface area (Å²) in [7, 11) is 0. The van der Waals surface area contributed by atoms with Gasteiger partial charge in [-0.2, -0.15) is 0 Å². The van der Waals surface area contributed by atoms with Crippen LogP contribution in [0.1, 0.15) is 33.3 Å². The van der Waals surface area contributed by atoms with Crippen LogP contribution in [0.5, 0.6) is 5.75 Å². The van der Waals surface area contributed by atoms with Crippen LogP contribution in [0.25, 0.3) is 0 Å². The minimum Gasteiger partial charge on any atom is -0.463 e. The predicted octanol–water partition coefficient (Wildman–Crippen LogP) is 1.46. The standard InChI is InChI=1S/C21H26O10/c1-11-8-6-7-9-16(11)30-21-20(29-15(5)25)19(28-14(4)24)18(27-13(3)23)17(31-21)10-26-12(2)22/h6-9,17-21H,10H2,1-5H3/t17-,18+,19+,20+,21+/m0/s1. The van der Waals surface area contributed by atoms with Crippen molar-refractivity contribution in [2.45, 2.75) is 65.3 Å². The molecule has 10 nitrogen and oxygen atoms in total. The molecule has 5 atom stereocenters. The molecule has 0 unspecified atom stereocenters. The van der Waals surface area contributed by atoms with E-state index >= 15 is 0 Å². The van der Waals surface area contributed by atoms with Crippen molar-refractivity contribution < 1.29 is 47.6 Å². The van der Waals surface area contributed by atoms with Crippen LogP contribution in [0.4, 0.5) is 0 Å². The second kappa shape index (κ2) is 10.8. The number of hydrogen-bond acceptors (Lipinski definition) is 10. The second-order valence-corrected chi connectivity index (χ2v) is 6.95. The largest absolute Gasteiger partial charge is 0.463 e. The van der Waals surface area contributed by atoms with Gasteiger partial charge in [-0.1, -0.05) is 18.2 Å². The van der Waals surface area contributed by atoms with Gasteiger partial charge in [0.05, 0.1) is 0 Å². The molecular formula is C21H26O10. The molecule has 2 rings (SSSR count). The van der Waals surface area contributed by atoms with Crippen molar-refractivity contribution in [1.82, 2.24) is 0 Å². The van der Waals surface area contributed by atoms with E-state index in [4.69, 9.17) is 28.4 Å². The maximum absolute atomic E-state index is 11.8. The number of aryl methyl sites for hydroxylation is 1. The zero-order valence-corrected chi connectivity index (χ0v) is 18.0. The molecule has 1 aliphatic rings. The lowest BCUT2D eigenvalue weighted by Gasteiger charge is -2.44. The average molecular weight is 438 g/mol. The Kier molecular flexibility index (Phi) is 8.38. The Morgan fingerprint density at radius 1 is 0.806 bits per heavy atom. The van der Waals surface area contributed by atoms with Gasteiger partial charge in [0.15, 0.2) is 12.2 Å². The third-order valence-electron chi connectivity index (χ3n) is 4.28. The lowest BCUT2D eigenvalue weighted by atomic mass is 9.98. The summed E-state index contributed by atoms with van der Waals surface area (Å²) < 4.78 is 32.9. The maximum Gasteiger partial charge on any atom is 0.303 e. The van der Waals surface area contributed by atoms with Crippen LogP contribution in [-0.2, 0) is 42.9 Å². The number of ether oxygens (including phenoxy) is 6. The van der Waals surface area contributed by atoms with Crippen molar-refractivity contribution in [1.29, 1.82) is 0 Å². The molecule has 1 heterocycles. The first-order valence-corrected chi connectivity index (χ1v) is 9.61. The van der Waals surface area contributed by atoms with E-state index in [-0.39, 0.29) is 6.61 Å². The Morgan fingerprint density at radius 3 is 1.90 bits per heavy atom. The summed E-state index contributed by atoms with van der Waals surface area (Å²) in [5, 5.41) is 0. The lowest BCUT2D eigenvalue weighted by molar-refractivity contribution is -0.288. The minimum atomic E-state index is -1.27. The molecule has 1 fully saturated rings. The van der Waals surface area contributed by atoms with Crippen molar-refractivity contribution in [2.75, 3.05) is 6.61 Å². The molecule has 0 radical (unpaired) electrons. The van der Waals surface area contributed by atoms with Gasteiger partial charge in [0.1, 0.15) is 18.5 Å². The normalized spacial score (nSPS) is 25.1. The van der Waals surface area contributed by atoms with Crippen LogP contribution >= 0.6 is 0 Å². The predicted molar refractivity (Wildman–Crippen MR) is 104 cm³/mol. The van der Waals surface area contributed by atoms with E-state index in [2.05, 4.69) is 0 Å². The molecule has 0 aromatic heterocycles. The molecule has 1 aliphatic heterocycles. The Hall–Kier alpha value is -3.14. The van der Waals surface area contributed by atoms with E-state index in [1.165, 1.54) is 13.8 Å². The highest BCUT2D eigenvalue weighted by molar-refractivity contribution is 5.68. The summed E-state index contributed by atoms with van der Waals surface area (Å²) in [5.74, 6) is -2.25. The van der Waals surface area contributed by atoms with Crippen LogP contribution in [0, 0.1) is 6.92 Å². The van der Waals surface area contributed by atoms with Crippen molar-refractivity contribution >= 4 is 23.9 Å². The van der Waals surface area contributed by atoms with Gasteiger partial charge in [-0.25, -0.2) is 0 Å². The number of rotatable bonds is 7. The van der Waals surface area contributed by atoms with E-state index < -0.39 is 54.6 Å². The molecule has 0 N–H and O–H groups in total. The van der Waals surface area contributed by atoms with E-state index in [1.807, 2.05) is 6.07 Å². The molecule has 10 heteroatoms. The van der Waals surface area contributed by atoms with Gasteiger partial charge in [0.25, 0.3) is 0 Å². The van der Waals surface area contributed by atoms with Gasteiger partial charge in [-0.05, 0) is 18.6 Å². The lowest BCUT2D eigenvalue weighted by Crippen LogP contribution is -2.63. The smallest absolute Gasteiger partial charge is 0.303 e. The van der Waals surface area contributed by atoms with E-state index in [0.717, 1.165) is 19.4 Å². The van der Waals surface area contributed by atoms with Gasteiger partial charge in [0.2, 0.25) is 12.4 Å². The molecule has 0 amide bonds. The number of carbonyl (C=O) groups excluding carboxylic acids is 4. The number of para-hydroxylation sites is 1. The third-order valence-corrected chi connectivity index (χ3v) is 4.28. The number of benzene rings is 1. The highest BCUT2D eigenvalue weighted by Crippen LogP contribution is 2.31. The Labute approximate surface area is 179 Å². The van der Waals surface area contributed by atoms with Gasteiger partial charge < -0.3 is 28.4 Å². The van der Waals surface area contributed by atoms with Crippen molar-refractivity contribution in [2.24, 2.45) is 0 Å². The molecule has 0 spiro atoms. The van der Waals surface area contributed by atoms with Gasteiger partial charge in [-0.15, -0.1) is 0 Å². The zero-order valence-electron chi connectivity index (χ0n) is 18.0. The Morgan fingerprint density at radius 2 is 1.35 bits per heavy atom. The molecule has 1 aromatic carbocycles. The monoisotopic (exact) mass is 438 g/mol. The molecule has 0 bridgehead atoms. The first kappa shape index (κ1) is 24.1. The number of carbonyl (C=O) groups is 4. The Balaban J connectivity index is 2.46. The maximum atomic E-state index is 11.8. The van der Waals surface area contributed by atoms with Gasteiger partial charge in [-0.3, -0.25) is 19.2 Å². The third kappa shape index (κ3) is 6.95. The Bertz CT molecular complexity index is 820. The van der Waals surface area contributed by atoms with Crippen molar-refractivity contribution in [3.8, 4) is 5.75 Å². The summed E-state index contributed by atoms with van der Waals surface area (Å²) in [6.07, 6.45) is -6.06. The first-order valence-electron chi connectivity index (χ1n) is 9.61. The van der Waals surface area contributed by atoms with Gasteiger partial charge in [0, 0.05) is 27.7 Å². The molecule has 1 saturated heterocycles. The van der Waals surface area contributed by atoms with E-state index in [1.54, 1.807) is 25.1 Å². The number of hydrogen-bond donors (Lipinski definition) is 0. The molecule has 170 valence electrons. The van der Waals surface area contributed by atoms with E-state index in [9.17, 15) is 19.2 Å². The highest BCUT2D eigenvalue weighted by Gasteiger charge is 2.53. The zero-order chi connectivity index (χ0) is 23.1. The highest BCUT2D eigenvalue weighted by atomic mass is 16.7. The summed E-state index contributed by atoms with van der Waals surface area (Å²) in [5.41, 5.74) is 0.773. The fourth-order valence-corrected chi connectivity index (χ4v) is 3.10. The summed E-state index contributed by atoms with van der Waals surface area (Å²) >= 11 is 0. The number of esters is 4. The molecular weight excluding hydrogens is 412 g/mol. The molecule has 0 saturated carbocycles. The van der Waals surface area contributed by atoms with Crippen LogP contribution in [-0.4, -0.2) is 61.2 Å². The first-order chi connectivity index (χ1) is 14.6. The summed E-state index contributed by atoms with van der Waals surface area (Å²) in [4.78, 5) is 46.6. The minimum absolute atomic E-state index is 0.314. The van der Waals surface area contributed by atoms with Crippen molar-refractivity contribution in [3.05, 3.63) is 29.8 Å². The van der Waals surface area contributed by atoms with Crippen LogP contribution in [0.3, 0.4) is 0 Å². The molecule has 0 aliphatic carbocycles. The summed E-state index contributed by atoms with van der Waals surface area (Å²) in [6.45, 7) is 6.18. The SMILES string of the molecule is CC(=O)OC[C@@H]1O[C@@H](Oc2ccccc2C)[C@H](OC(C)=O)[C@H](OC(C)=O)[C@@H]1OC(C)=O. The van der Waals surface area contributed by atoms with Gasteiger partial charge >= 0.3 is 23.9 Å². The second-order valence-electron chi connectivity index (χ2n) is 6.95. The van der Waals surface area contributed by atoms with Crippen LogP contribution in [0.15, 0.2) is 24.3 Å². The van der Waals surface area contributed by atoms with E-state index in [0.29, 0.717) is 5.75 Å². The quantitative estimate of drug-likeness (QED) is 0.456. The average Bonchev–Trinajstić information content (AvgIpc) is 2.65. The summed E-state index contributed by atoms with van der Waals surface area (Å²) in [6, 6.07) is 7.05. The molecule has 1 aromatic rings. The van der Waals surface area contributed by atoms with Crippen molar-refractivity contribution in [3.63, 3.8) is 0 Å². The molecule has 31 heavy (non-hydrogen) atoms. The fourth-order valence-electron chi connectivity index (χ4n) is 3.10.